The average Bonchev–Trinajstić information content (AvgIpc) is 2.49. The number of hydrazine groups is 1. The highest BCUT2D eigenvalue weighted by Gasteiger charge is 2.34. The van der Waals surface area contributed by atoms with E-state index in [1.807, 2.05) is 20.8 Å². The van der Waals surface area contributed by atoms with Crippen molar-refractivity contribution in [2.75, 3.05) is 0 Å². The minimum atomic E-state index is -3.59. The zero-order valence-corrected chi connectivity index (χ0v) is 10.8. The Hall–Kier alpha value is -1.40. The van der Waals surface area contributed by atoms with Gasteiger partial charge in [0.15, 0.2) is 5.84 Å². The summed E-state index contributed by atoms with van der Waals surface area (Å²) in [5.41, 5.74) is 0.163. The molecule has 0 radical (unpaired) electrons. The number of sulfonamides is 1. The maximum atomic E-state index is 11.8. The second-order valence-corrected chi connectivity index (χ2v) is 6.50. The number of nitrogens with two attached hydrogens (primary N) is 1. The molecule has 0 unspecified atom stereocenters. The predicted molar refractivity (Wildman–Crippen MR) is 65.9 cm³/mol. The molecule has 0 bridgehead atoms. The van der Waals surface area contributed by atoms with Gasteiger partial charge in [-0.2, -0.15) is 8.42 Å². The Bertz CT molecular complexity index is 585. The van der Waals surface area contributed by atoms with E-state index in [4.69, 9.17) is 5.84 Å². The molecular weight excluding hydrogens is 238 g/mol. The highest BCUT2D eigenvalue weighted by molar-refractivity contribution is 7.90. The molecule has 2 rings (SSSR count). The largest absolute Gasteiger partial charge is 0.288 e. The first-order valence-corrected chi connectivity index (χ1v) is 6.67. The second kappa shape index (κ2) is 3.54. The lowest BCUT2D eigenvalue weighted by Gasteiger charge is -2.32. The van der Waals surface area contributed by atoms with E-state index in [1.165, 1.54) is 11.1 Å². The van der Waals surface area contributed by atoms with Crippen molar-refractivity contribution in [2.45, 2.75) is 31.2 Å². The van der Waals surface area contributed by atoms with Gasteiger partial charge in [-0.05, 0) is 32.9 Å². The third kappa shape index (κ3) is 1.94. The molecule has 17 heavy (non-hydrogen) atoms. The van der Waals surface area contributed by atoms with Crippen LogP contribution in [-0.4, -0.2) is 24.8 Å². The minimum absolute atomic E-state index is 0.217. The Balaban J connectivity index is 2.60. The zero-order chi connectivity index (χ0) is 12.8. The Kier molecular flexibility index (Phi) is 2.52. The third-order valence-electron chi connectivity index (χ3n) is 2.56. The summed E-state index contributed by atoms with van der Waals surface area (Å²) >= 11 is 0. The molecule has 6 heteroatoms. The van der Waals surface area contributed by atoms with Crippen LogP contribution in [0, 0.1) is 0 Å². The maximum absolute atomic E-state index is 11.8. The van der Waals surface area contributed by atoms with Gasteiger partial charge >= 0.3 is 0 Å². The molecule has 1 heterocycles. The number of hydrogen-bond acceptors (Lipinski definition) is 4. The maximum Gasteiger partial charge on any atom is 0.285 e. The fourth-order valence-corrected chi connectivity index (χ4v) is 2.78. The number of hydrogen-bond donors (Lipinski definition) is 1. The lowest BCUT2D eigenvalue weighted by molar-refractivity contribution is 0.244. The topological polar surface area (TPSA) is 75.8 Å². The summed E-state index contributed by atoms with van der Waals surface area (Å²) in [6, 6.07) is 6.69. The molecule has 0 saturated heterocycles. The molecule has 0 aliphatic carbocycles. The molecule has 1 aliphatic heterocycles. The van der Waals surface area contributed by atoms with Crippen molar-refractivity contribution in [3.8, 4) is 0 Å². The molecule has 0 amide bonds. The number of benzene rings is 1. The van der Waals surface area contributed by atoms with Gasteiger partial charge in [-0.25, -0.2) is 5.84 Å². The van der Waals surface area contributed by atoms with Gasteiger partial charge in [-0.3, -0.25) is 5.01 Å². The summed E-state index contributed by atoms with van der Waals surface area (Å²) in [7, 11) is -3.59. The van der Waals surface area contributed by atoms with E-state index in [0.29, 0.717) is 11.4 Å². The quantitative estimate of drug-likeness (QED) is 0.555. The minimum Gasteiger partial charge on any atom is -0.288 e. The van der Waals surface area contributed by atoms with Crippen LogP contribution in [0.15, 0.2) is 33.6 Å². The normalized spacial score (nSPS) is 17.5. The van der Waals surface area contributed by atoms with Gasteiger partial charge < -0.3 is 0 Å². The van der Waals surface area contributed by atoms with E-state index < -0.39 is 15.6 Å². The number of amidine groups is 1. The smallest absolute Gasteiger partial charge is 0.285 e. The predicted octanol–water partition coefficient (Wildman–Crippen LogP) is 1.11. The summed E-state index contributed by atoms with van der Waals surface area (Å²) in [6.07, 6.45) is 0. The molecule has 2 N–H and O–H groups in total. The van der Waals surface area contributed by atoms with Crippen molar-refractivity contribution in [2.24, 2.45) is 10.2 Å². The molecule has 0 spiro atoms. The van der Waals surface area contributed by atoms with Crippen LogP contribution < -0.4 is 5.84 Å². The number of fused-ring (bicyclic) bond motifs is 1. The van der Waals surface area contributed by atoms with Crippen LogP contribution in [0.25, 0.3) is 0 Å². The lowest BCUT2D eigenvalue weighted by Crippen LogP contribution is -2.50. The molecule has 0 atom stereocenters. The van der Waals surface area contributed by atoms with Crippen molar-refractivity contribution < 1.29 is 8.42 Å². The van der Waals surface area contributed by atoms with E-state index in [0.717, 1.165) is 0 Å². The van der Waals surface area contributed by atoms with E-state index in [1.54, 1.807) is 18.2 Å². The van der Waals surface area contributed by atoms with Crippen LogP contribution >= 0.6 is 0 Å². The number of rotatable bonds is 0. The van der Waals surface area contributed by atoms with Crippen molar-refractivity contribution >= 4 is 15.9 Å². The summed E-state index contributed by atoms with van der Waals surface area (Å²) in [5, 5.41) is 1.39. The van der Waals surface area contributed by atoms with Crippen molar-refractivity contribution in [3.63, 3.8) is 0 Å². The SMILES string of the molecule is CC(C)(C)N(N)C1=NS(=O)(=O)c2ccccc21. The van der Waals surface area contributed by atoms with Crippen molar-refractivity contribution in [1.82, 2.24) is 5.01 Å². The number of nitrogens with zero attached hydrogens (tertiary/aromatic N) is 2. The molecule has 0 fully saturated rings. The standard InChI is InChI=1S/C11H15N3O2S/c1-11(2,3)14(12)10-8-6-4-5-7-9(8)17(15,16)13-10/h4-7H,12H2,1-3H3. The highest BCUT2D eigenvalue weighted by Crippen LogP contribution is 2.28. The Labute approximate surface area is 101 Å². The van der Waals surface area contributed by atoms with Crippen LogP contribution in [0.1, 0.15) is 26.3 Å². The molecule has 0 aromatic heterocycles. The van der Waals surface area contributed by atoms with E-state index in [2.05, 4.69) is 4.40 Å². The van der Waals surface area contributed by atoms with E-state index in [9.17, 15) is 8.42 Å². The van der Waals surface area contributed by atoms with E-state index >= 15 is 0 Å². The van der Waals surface area contributed by atoms with Gasteiger partial charge in [0, 0.05) is 11.1 Å². The fourth-order valence-electron chi connectivity index (χ4n) is 1.58. The molecule has 0 saturated carbocycles. The molecule has 1 aromatic carbocycles. The van der Waals surface area contributed by atoms with Crippen LogP contribution in [0.3, 0.4) is 0 Å². The van der Waals surface area contributed by atoms with Gasteiger partial charge in [0.2, 0.25) is 0 Å². The Morgan fingerprint density at radius 2 is 1.82 bits per heavy atom. The molecule has 1 aliphatic rings. The van der Waals surface area contributed by atoms with E-state index in [-0.39, 0.29) is 4.90 Å². The third-order valence-corrected chi connectivity index (χ3v) is 3.89. The Morgan fingerprint density at radius 1 is 1.24 bits per heavy atom. The van der Waals surface area contributed by atoms with Gasteiger partial charge in [0.1, 0.15) is 4.90 Å². The summed E-state index contributed by atoms with van der Waals surface area (Å²) in [5.74, 6) is 6.23. The van der Waals surface area contributed by atoms with Crippen LogP contribution in [-0.2, 0) is 10.0 Å². The first-order valence-electron chi connectivity index (χ1n) is 5.23. The summed E-state index contributed by atoms with van der Waals surface area (Å²) in [4.78, 5) is 0.217. The van der Waals surface area contributed by atoms with Crippen LogP contribution in [0.5, 0.6) is 0 Å². The van der Waals surface area contributed by atoms with Crippen LogP contribution in [0.2, 0.25) is 0 Å². The lowest BCUT2D eigenvalue weighted by atomic mass is 10.1. The zero-order valence-electron chi connectivity index (χ0n) is 10.0. The van der Waals surface area contributed by atoms with Crippen molar-refractivity contribution in [1.29, 1.82) is 0 Å². The van der Waals surface area contributed by atoms with Crippen LogP contribution in [0.4, 0.5) is 0 Å². The monoisotopic (exact) mass is 253 g/mol. The average molecular weight is 253 g/mol. The summed E-state index contributed by atoms with van der Waals surface area (Å²) < 4.78 is 27.4. The first kappa shape index (κ1) is 12.1. The molecular formula is C11H15N3O2S. The van der Waals surface area contributed by atoms with Gasteiger partial charge in [-0.15, -0.1) is 4.40 Å². The van der Waals surface area contributed by atoms with Gasteiger partial charge in [0.05, 0.1) is 0 Å². The van der Waals surface area contributed by atoms with Gasteiger partial charge in [0.25, 0.3) is 10.0 Å². The first-order chi connectivity index (χ1) is 7.73. The Morgan fingerprint density at radius 3 is 2.41 bits per heavy atom. The highest BCUT2D eigenvalue weighted by atomic mass is 32.2. The van der Waals surface area contributed by atoms with Gasteiger partial charge in [-0.1, -0.05) is 12.1 Å². The molecule has 5 nitrogen and oxygen atoms in total. The fraction of sp³-hybridized carbons (Fsp3) is 0.364. The molecule has 92 valence electrons. The second-order valence-electron chi connectivity index (χ2n) is 4.93. The molecule has 1 aromatic rings. The summed E-state index contributed by atoms with van der Waals surface area (Å²) in [6.45, 7) is 5.68. The van der Waals surface area contributed by atoms with Crippen molar-refractivity contribution in [3.05, 3.63) is 29.8 Å².